The molecule has 2 aromatic heterocycles. The van der Waals surface area contributed by atoms with Crippen LogP contribution in [0, 0.1) is 11.6 Å². The Balaban J connectivity index is 1.57. The molecule has 124 valence electrons. The van der Waals surface area contributed by atoms with Crippen molar-refractivity contribution in [2.45, 2.75) is 5.75 Å². The molecule has 3 aromatic rings. The van der Waals surface area contributed by atoms with Gasteiger partial charge in [-0.25, -0.2) is 13.8 Å². The number of carbonyl (C=O) groups excluding carboxylic acids is 1. The second kappa shape index (κ2) is 7.10. The van der Waals surface area contributed by atoms with Crippen LogP contribution >= 0.6 is 23.1 Å². The maximum Gasteiger partial charge on any atom is 0.258 e. The van der Waals surface area contributed by atoms with Gasteiger partial charge >= 0.3 is 0 Å². The number of halogens is 2. The number of benzene rings is 1. The van der Waals surface area contributed by atoms with Crippen LogP contribution < -0.4 is 10.9 Å². The molecule has 0 atom stereocenters. The highest BCUT2D eigenvalue weighted by Gasteiger charge is 2.09. The van der Waals surface area contributed by atoms with Crippen LogP contribution in [-0.4, -0.2) is 21.0 Å². The van der Waals surface area contributed by atoms with Crippen LogP contribution in [0.25, 0.3) is 4.96 Å². The standard InChI is InChI=1S/C15H11F2N3O2S2/c16-9-1-2-12(11(17)5-9)19-13(21)8-23-7-10-6-14(22)20-3-4-24-15(20)18-10/h1-6H,7-8H2,(H,19,21). The molecule has 9 heteroatoms. The Labute approximate surface area is 143 Å². The molecule has 0 saturated carbocycles. The van der Waals surface area contributed by atoms with E-state index in [4.69, 9.17) is 0 Å². The molecule has 0 aliphatic heterocycles. The van der Waals surface area contributed by atoms with Crippen LogP contribution in [0.5, 0.6) is 0 Å². The molecule has 0 fully saturated rings. The Morgan fingerprint density at radius 1 is 1.33 bits per heavy atom. The number of nitrogens with zero attached hydrogens (tertiary/aromatic N) is 2. The summed E-state index contributed by atoms with van der Waals surface area (Å²) in [4.78, 5) is 28.6. The highest BCUT2D eigenvalue weighted by Crippen LogP contribution is 2.16. The topological polar surface area (TPSA) is 63.5 Å². The molecule has 24 heavy (non-hydrogen) atoms. The van der Waals surface area contributed by atoms with E-state index in [1.165, 1.54) is 39.6 Å². The second-order valence-corrected chi connectivity index (χ2v) is 6.67. The monoisotopic (exact) mass is 367 g/mol. The van der Waals surface area contributed by atoms with Crippen molar-refractivity contribution < 1.29 is 13.6 Å². The van der Waals surface area contributed by atoms with Crippen LogP contribution in [0.15, 0.2) is 40.6 Å². The number of hydrogen-bond donors (Lipinski definition) is 1. The van der Waals surface area contributed by atoms with E-state index in [-0.39, 0.29) is 17.0 Å². The van der Waals surface area contributed by atoms with Gasteiger partial charge in [0.25, 0.3) is 5.56 Å². The maximum atomic E-state index is 13.5. The number of anilines is 1. The lowest BCUT2D eigenvalue weighted by molar-refractivity contribution is -0.113. The lowest BCUT2D eigenvalue weighted by Gasteiger charge is -2.06. The minimum atomic E-state index is -0.828. The number of carbonyl (C=O) groups is 1. The van der Waals surface area contributed by atoms with E-state index in [0.717, 1.165) is 6.07 Å². The minimum absolute atomic E-state index is 0.0578. The fourth-order valence-corrected chi connectivity index (χ4v) is 3.44. The predicted molar refractivity (Wildman–Crippen MR) is 90.5 cm³/mol. The van der Waals surface area contributed by atoms with Gasteiger partial charge in [-0.3, -0.25) is 14.0 Å². The van der Waals surface area contributed by atoms with Crippen molar-refractivity contribution in [2.24, 2.45) is 0 Å². The summed E-state index contributed by atoms with van der Waals surface area (Å²) in [6, 6.07) is 4.36. The summed E-state index contributed by atoms with van der Waals surface area (Å²) in [5.74, 6) is -1.52. The van der Waals surface area contributed by atoms with Gasteiger partial charge in [-0.1, -0.05) is 0 Å². The van der Waals surface area contributed by atoms with Gasteiger partial charge in [0.2, 0.25) is 5.91 Å². The SMILES string of the molecule is O=C(CSCc1cc(=O)n2ccsc2n1)Nc1ccc(F)cc1F. The van der Waals surface area contributed by atoms with E-state index in [2.05, 4.69) is 10.3 Å². The molecule has 0 aliphatic rings. The largest absolute Gasteiger partial charge is 0.323 e. The van der Waals surface area contributed by atoms with Crippen molar-refractivity contribution in [1.29, 1.82) is 0 Å². The van der Waals surface area contributed by atoms with Gasteiger partial charge in [-0.05, 0) is 12.1 Å². The number of aromatic nitrogens is 2. The van der Waals surface area contributed by atoms with Crippen molar-refractivity contribution in [3.63, 3.8) is 0 Å². The van der Waals surface area contributed by atoms with E-state index >= 15 is 0 Å². The summed E-state index contributed by atoms with van der Waals surface area (Å²) < 4.78 is 27.7. The van der Waals surface area contributed by atoms with E-state index in [9.17, 15) is 18.4 Å². The fraction of sp³-hybridized carbons (Fsp3) is 0.133. The molecular formula is C15H11F2N3O2S2. The van der Waals surface area contributed by atoms with Crippen LogP contribution in [0.4, 0.5) is 14.5 Å². The summed E-state index contributed by atoms with van der Waals surface area (Å²) >= 11 is 2.60. The Kier molecular flexibility index (Phi) is 4.91. The molecule has 0 saturated heterocycles. The number of thioether (sulfide) groups is 1. The summed E-state index contributed by atoms with van der Waals surface area (Å²) in [6.45, 7) is 0. The zero-order valence-electron chi connectivity index (χ0n) is 12.2. The van der Waals surface area contributed by atoms with Crippen molar-refractivity contribution in [1.82, 2.24) is 9.38 Å². The van der Waals surface area contributed by atoms with Gasteiger partial charge in [0, 0.05) is 29.5 Å². The van der Waals surface area contributed by atoms with Gasteiger partial charge in [0.05, 0.1) is 17.1 Å². The lowest BCUT2D eigenvalue weighted by Crippen LogP contribution is -2.16. The Morgan fingerprint density at radius 3 is 2.96 bits per heavy atom. The first-order valence-corrected chi connectivity index (χ1v) is 8.85. The number of amides is 1. The van der Waals surface area contributed by atoms with Crippen LogP contribution in [0.3, 0.4) is 0 Å². The first-order valence-electron chi connectivity index (χ1n) is 6.81. The Hall–Kier alpha value is -2.26. The smallest absolute Gasteiger partial charge is 0.258 e. The highest BCUT2D eigenvalue weighted by molar-refractivity contribution is 7.99. The van der Waals surface area contributed by atoms with Crippen molar-refractivity contribution >= 4 is 39.7 Å². The molecule has 0 bridgehead atoms. The zero-order valence-corrected chi connectivity index (χ0v) is 13.8. The van der Waals surface area contributed by atoms with Crippen molar-refractivity contribution in [3.8, 4) is 0 Å². The summed E-state index contributed by atoms with van der Waals surface area (Å²) in [5.41, 5.74) is 0.335. The van der Waals surface area contributed by atoms with Gasteiger partial charge in [0.1, 0.15) is 11.6 Å². The lowest BCUT2D eigenvalue weighted by atomic mass is 10.3. The summed E-state index contributed by atoms with van der Waals surface area (Å²) in [6.07, 6.45) is 1.65. The third-order valence-electron chi connectivity index (χ3n) is 3.04. The molecule has 0 unspecified atom stereocenters. The van der Waals surface area contributed by atoms with E-state index in [1.54, 1.807) is 11.6 Å². The Morgan fingerprint density at radius 2 is 2.17 bits per heavy atom. The van der Waals surface area contributed by atoms with Crippen molar-refractivity contribution in [3.05, 3.63) is 63.5 Å². The van der Waals surface area contributed by atoms with Gasteiger partial charge in [-0.2, -0.15) is 0 Å². The number of rotatable bonds is 5. The minimum Gasteiger partial charge on any atom is -0.323 e. The van der Waals surface area contributed by atoms with Gasteiger partial charge < -0.3 is 5.32 Å². The van der Waals surface area contributed by atoms with Crippen LogP contribution in [-0.2, 0) is 10.5 Å². The average Bonchev–Trinajstić information content (AvgIpc) is 2.99. The molecule has 0 aliphatic carbocycles. The quantitative estimate of drug-likeness (QED) is 0.753. The van der Waals surface area contributed by atoms with E-state index in [0.29, 0.717) is 22.5 Å². The number of fused-ring (bicyclic) bond motifs is 1. The fourth-order valence-electron chi connectivity index (χ4n) is 1.99. The van der Waals surface area contributed by atoms with Gasteiger partial charge in [-0.15, -0.1) is 23.1 Å². The normalized spacial score (nSPS) is 10.9. The number of thiazole rings is 1. The zero-order chi connectivity index (χ0) is 17.1. The van der Waals surface area contributed by atoms with Crippen LogP contribution in [0.2, 0.25) is 0 Å². The average molecular weight is 367 g/mol. The molecule has 0 radical (unpaired) electrons. The first kappa shape index (κ1) is 16.6. The third-order valence-corrected chi connectivity index (χ3v) is 4.77. The summed E-state index contributed by atoms with van der Waals surface area (Å²) in [5, 5.41) is 4.14. The molecular weight excluding hydrogens is 356 g/mol. The molecule has 1 N–H and O–H groups in total. The maximum absolute atomic E-state index is 13.5. The summed E-state index contributed by atoms with van der Waals surface area (Å²) in [7, 11) is 0. The third kappa shape index (κ3) is 3.80. The Bertz CT molecular complexity index is 955. The molecule has 1 amide bonds. The molecule has 3 rings (SSSR count). The number of hydrogen-bond acceptors (Lipinski definition) is 5. The molecule has 2 heterocycles. The first-order chi connectivity index (χ1) is 11.5. The van der Waals surface area contributed by atoms with Crippen LogP contribution in [0.1, 0.15) is 5.69 Å². The molecule has 5 nitrogen and oxygen atoms in total. The molecule has 1 aromatic carbocycles. The van der Waals surface area contributed by atoms with Gasteiger partial charge in [0.15, 0.2) is 4.96 Å². The van der Waals surface area contributed by atoms with E-state index < -0.39 is 17.5 Å². The molecule has 0 spiro atoms. The van der Waals surface area contributed by atoms with Crippen molar-refractivity contribution in [2.75, 3.05) is 11.1 Å². The van der Waals surface area contributed by atoms with E-state index in [1.807, 2.05) is 0 Å². The second-order valence-electron chi connectivity index (χ2n) is 4.81. The highest BCUT2D eigenvalue weighted by atomic mass is 32.2. The predicted octanol–water partition coefficient (Wildman–Crippen LogP) is 2.91. The number of nitrogens with one attached hydrogen (secondary N) is 1.